The van der Waals surface area contributed by atoms with Crippen LogP contribution >= 0.6 is 0 Å². The Balaban J connectivity index is 3.68. The first-order chi connectivity index (χ1) is 5.76. The third-order valence-electron chi connectivity index (χ3n) is 2.54. The predicted molar refractivity (Wildman–Crippen MR) is 53.2 cm³/mol. The van der Waals surface area contributed by atoms with Crippen molar-refractivity contribution in [3.8, 4) is 0 Å². The largest absolute Gasteiger partial charge is 0.303 e. The number of aldehydes is 1. The van der Waals surface area contributed by atoms with Crippen molar-refractivity contribution >= 4 is 6.29 Å². The van der Waals surface area contributed by atoms with Gasteiger partial charge in [0.1, 0.15) is 6.29 Å². The summed E-state index contributed by atoms with van der Waals surface area (Å²) in [6, 6.07) is 0. The van der Waals surface area contributed by atoms with Crippen molar-refractivity contribution in [2.75, 3.05) is 0 Å². The number of unbranched alkanes of at least 4 members (excludes halogenated alkanes) is 1. The molecule has 0 rings (SSSR count). The maximum Gasteiger partial charge on any atom is 0.123 e. The molecular formula is C11H22O. The highest BCUT2D eigenvalue weighted by atomic mass is 16.1. The molecule has 0 N–H and O–H groups in total. The molecule has 1 heteroatoms. The molecule has 0 aliphatic rings. The van der Waals surface area contributed by atoms with E-state index in [4.69, 9.17) is 0 Å². The van der Waals surface area contributed by atoms with Crippen molar-refractivity contribution in [1.29, 1.82) is 0 Å². The van der Waals surface area contributed by atoms with Gasteiger partial charge in [0.05, 0.1) is 0 Å². The van der Waals surface area contributed by atoms with Gasteiger partial charge in [-0.05, 0) is 12.3 Å². The molecule has 72 valence electrons. The molecule has 0 aromatic carbocycles. The molecule has 0 saturated carbocycles. The summed E-state index contributed by atoms with van der Waals surface area (Å²) in [4.78, 5) is 10.7. The lowest BCUT2D eigenvalue weighted by molar-refractivity contribution is -0.112. The van der Waals surface area contributed by atoms with Gasteiger partial charge in [0.15, 0.2) is 0 Å². The van der Waals surface area contributed by atoms with Gasteiger partial charge in [0, 0.05) is 5.92 Å². The number of hydrogen-bond acceptors (Lipinski definition) is 1. The number of rotatable bonds is 7. The SMILES string of the molecule is CCCCC(C)C(C=O)CCC. The van der Waals surface area contributed by atoms with Crippen LogP contribution in [0.5, 0.6) is 0 Å². The Kier molecular flexibility index (Phi) is 7.12. The molecule has 0 radical (unpaired) electrons. The van der Waals surface area contributed by atoms with Crippen molar-refractivity contribution in [2.24, 2.45) is 11.8 Å². The summed E-state index contributed by atoms with van der Waals surface area (Å²) in [5, 5.41) is 0. The lowest BCUT2D eigenvalue weighted by atomic mass is 9.87. The molecular weight excluding hydrogens is 148 g/mol. The molecule has 0 heterocycles. The van der Waals surface area contributed by atoms with E-state index in [1.54, 1.807) is 0 Å². The lowest BCUT2D eigenvalue weighted by Gasteiger charge is -2.17. The third kappa shape index (κ3) is 4.53. The van der Waals surface area contributed by atoms with Gasteiger partial charge in [-0.3, -0.25) is 0 Å². The zero-order valence-corrected chi connectivity index (χ0v) is 8.68. The Bertz CT molecular complexity index is 110. The maximum atomic E-state index is 10.7. The highest BCUT2D eigenvalue weighted by molar-refractivity contribution is 5.53. The fourth-order valence-electron chi connectivity index (χ4n) is 1.56. The zero-order valence-electron chi connectivity index (χ0n) is 8.68. The van der Waals surface area contributed by atoms with Gasteiger partial charge >= 0.3 is 0 Å². The molecule has 1 nitrogen and oxygen atoms in total. The molecule has 0 aromatic heterocycles. The summed E-state index contributed by atoms with van der Waals surface area (Å²) in [6.07, 6.45) is 7.04. The Morgan fingerprint density at radius 1 is 1.17 bits per heavy atom. The average molecular weight is 170 g/mol. The van der Waals surface area contributed by atoms with Crippen LogP contribution in [-0.2, 0) is 4.79 Å². The van der Waals surface area contributed by atoms with Gasteiger partial charge in [0.25, 0.3) is 0 Å². The minimum Gasteiger partial charge on any atom is -0.303 e. The molecule has 0 aliphatic heterocycles. The molecule has 0 aliphatic carbocycles. The summed E-state index contributed by atoms with van der Waals surface area (Å²) in [7, 11) is 0. The molecule has 0 saturated heterocycles. The minimum atomic E-state index is 0.307. The van der Waals surface area contributed by atoms with E-state index in [1.165, 1.54) is 19.3 Å². The Labute approximate surface area is 76.6 Å². The Morgan fingerprint density at radius 3 is 2.25 bits per heavy atom. The third-order valence-corrected chi connectivity index (χ3v) is 2.54. The van der Waals surface area contributed by atoms with E-state index in [1.807, 2.05) is 0 Å². The van der Waals surface area contributed by atoms with E-state index in [9.17, 15) is 4.79 Å². The maximum absolute atomic E-state index is 10.7. The first-order valence-electron chi connectivity index (χ1n) is 5.21. The average Bonchev–Trinajstić information content (AvgIpc) is 2.10. The van der Waals surface area contributed by atoms with E-state index in [0.717, 1.165) is 19.1 Å². The second kappa shape index (κ2) is 7.33. The molecule has 0 spiro atoms. The highest BCUT2D eigenvalue weighted by Gasteiger charge is 2.14. The van der Waals surface area contributed by atoms with Gasteiger partial charge < -0.3 is 4.79 Å². The van der Waals surface area contributed by atoms with Crippen LogP contribution < -0.4 is 0 Å². The van der Waals surface area contributed by atoms with Crippen LogP contribution in [0, 0.1) is 11.8 Å². The number of carbonyl (C=O) groups excluding carboxylic acids is 1. The van der Waals surface area contributed by atoms with Crippen LogP contribution in [0.2, 0.25) is 0 Å². The monoisotopic (exact) mass is 170 g/mol. The summed E-state index contributed by atoms with van der Waals surface area (Å²) in [5.41, 5.74) is 0. The molecule has 0 bridgehead atoms. The lowest BCUT2D eigenvalue weighted by Crippen LogP contribution is -2.12. The number of hydrogen-bond donors (Lipinski definition) is 0. The van der Waals surface area contributed by atoms with Crippen LogP contribution in [0.25, 0.3) is 0 Å². The van der Waals surface area contributed by atoms with Crippen molar-refractivity contribution in [3.63, 3.8) is 0 Å². The first kappa shape index (κ1) is 11.7. The van der Waals surface area contributed by atoms with Crippen LogP contribution in [0.4, 0.5) is 0 Å². The molecule has 0 aromatic rings. The van der Waals surface area contributed by atoms with Crippen molar-refractivity contribution in [3.05, 3.63) is 0 Å². The predicted octanol–water partition coefficient (Wildman–Crippen LogP) is 3.43. The zero-order chi connectivity index (χ0) is 9.40. The normalized spacial score (nSPS) is 15.6. The van der Waals surface area contributed by atoms with E-state index in [2.05, 4.69) is 20.8 Å². The molecule has 0 fully saturated rings. The molecule has 2 unspecified atom stereocenters. The van der Waals surface area contributed by atoms with Crippen molar-refractivity contribution < 1.29 is 4.79 Å². The van der Waals surface area contributed by atoms with Crippen LogP contribution in [0.3, 0.4) is 0 Å². The summed E-state index contributed by atoms with van der Waals surface area (Å²) >= 11 is 0. The smallest absolute Gasteiger partial charge is 0.123 e. The minimum absolute atomic E-state index is 0.307. The molecule has 0 amide bonds. The van der Waals surface area contributed by atoms with Gasteiger partial charge in [-0.1, -0.05) is 46.5 Å². The van der Waals surface area contributed by atoms with Crippen molar-refractivity contribution in [2.45, 2.75) is 52.9 Å². The van der Waals surface area contributed by atoms with Crippen LogP contribution in [0.15, 0.2) is 0 Å². The second-order valence-electron chi connectivity index (χ2n) is 3.71. The van der Waals surface area contributed by atoms with Gasteiger partial charge in [0.2, 0.25) is 0 Å². The van der Waals surface area contributed by atoms with Crippen LogP contribution in [-0.4, -0.2) is 6.29 Å². The first-order valence-corrected chi connectivity index (χ1v) is 5.21. The fraction of sp³-hybridized carbons (Fsp3) is 0.909. The van der Waals surface area contributed by atoms with E-state index < -0.39 is 0 Å². The summed E-state index contributed by atoms with van der Waals surface area (Å²) < 4.78 is 0. The standard InChI is InChI=1S/C11H22O/c1-4-6-8-10(3)11(9-12)7-5-2/h9-11H,4-8H2,1-3H3. The van der Waals surface area contributed by atoms with Gasteiger partial charge in [-0.2, -0.15) is 0 Å². The molecule has 2 atom stereocenters. The Morgan fingerprint density at radius 2 is 1.83 bits per heavy atom. The quantitative estimate of drug-likeness (QED) is 0.535. The topological polar surface area (TPSA) is 17.1 Å². The number of carbonyl (C=O) groups is 1. The summed E-state index contributed by atoms with van der Waals surface area (Å²) in [6.45, 7) is 6.54. The van der Waals surface area contributed by atoms with Crippen molar-refractivity contribution in [1.82, 2.24) is 0 Å². The highest BCUT2D eigenvalue weighted by Crippen LogP contribution is 2.20. The van der Waals surface area contributed by atoms with E-state index in [-0.39, 0.29) is 0 Å². The van der Waals surface area contributed by atoms with Crippen LogP contribution in [0.1, 0.15) is 52.9 Å². The summed E-state index contributed by atoms with van der Waals surface area (Å²) in [5.74, 6) is 0.893. The fourth-order valence-corrected chi connectivity index (χ4v) is 1.56. The van der Waals surface area contributed by atoms with Gasteiger partial charge in [-0.15, -0.1) is 0 Å². The van der Waals surface area contributed by atoms with E-state index in [0.29, 0.717) is 11.8 Å². The van der Waals surface area contributed by atoms with Gasteiger partial charge in [-0.25, -0.2) is 0 Å². The van der Waals surface area contributed by atoms with E-state index >= 15 is 0 Å². The second-order valence-corrected chi connectivity index (χ2v) is 3.71. The Hall–Kier alpha value is -0.330. The molecule has 12 heavy (non-hydrogen) atoms.